The van der Waals surface area contributed by atoms with Crippen LogP contribution in [-0.4, -0.2) is 33.8 Å². The zero-order chi connectivity index (χ0) is 16.7. The number of β-amino-alcohol motifs (C(OH)–C–C–N with tert-alkyl or cyclic N) is 1. The molecule has 0 unspecified atom stereocenters. The van der Waals surface area contributed by atoms with Gasteiger partial charge in [-0.15, -0.1) is 11.3 Å². The van der Waals surface area contributed by atoms with Crippen LogP contribution in [0.3, 0.4) is 0 Å². The van der Waals surface area contributed by atoms with Gasteiger partial charge in [0.25, 0.3) is 0 Å². The van der Waals surface area contributed by atoms with E-state index in [0.29, 0.717) is 13.1 Å². The van der Waals surface area contributed by atoms with Crippen LogP contribution < -0.4 is 4.90 Å². The molecule has 5 nitrogen and oxygen atoms in total. The summed E-state index contributed by atoms with van der Waals surface area (Å²) in [6.45, 7) is 2.75. The molecule has 0 bridgehead atoms. The fourth-order valence-corrected chi connectivity index (χ4v) is 4.15. The van der Waals surface area contributed by atoms with E-state index in [4.69, 9.17) is 5.26 Å². The van der Waals surface area contributed by atoms with E-state index in [1.165, 1.54) is 0 Å². The van der Waals surface area contributed by atoms with E-state index >= 15 is 0 Å². The lowest BCUT2D eigenvalue weighted by atomic mass is 9.91. The predicted molar refractivity (Wildman–Crippen MR) is 95.0 cm³/mol. The molecule has 1 fully saturated rings. The maximum atomic E-state index is 10.3. The third kappa shape index (κ3) is 2.52. The van der Waals surface area contributed by atoms with Crippen molar-refractivity contribution in [3.63, 3.8) is 0 Å². The van der Waals surface area contributed by atoms with Gasteiger partial charge in [-0.3, -0.25) is 0 Å². The highest BCUT2D eigenvalue weighted by Gasteiger charge is 2.42. The summed E-state index contributed by atoms with van der Waals surface area (Å²) >= 11 is 1.65. The Labute approximate surface area is 143 Å². The van der Waals surface area contributed by atoms with E-state index in [1.54, 1.807) is 11.3 Å². The Kier molecular flexibility index (Phi) is 3.48. The molecule has 0 amide bonds. The highest BCUT2D eigenvalue weighted by Crippen LogP contribution is 2.39. The zero-order valence-corrected chi connectivity index (χ0v) is 14.0. The second kappa shape index (κ2) is 5.55. The minimum absolute atomic E-state index is 0.148. The van der Waals surface area contributed by atoms with Crippen molar-refractivity contribution < 1.29 is 5.11 Å². The summed E-state index contributed by atoms with van der Waals surface area (Å²) in [5, 5.41) is 20.1. The quantitative estimate of drug-likeness (QED) is 0.795. The molecule has 3 heterocycles. The summed E-state index contributed by atoms with van der Waals surface area (Å²) in [4.78, 5) is 13.3. The number of aromatic nitrogens is 2. The van der Waals surface area contributed by atoms with Crippen LogP contribution in [0.1, 0.15) is 12.2 Å². The fourth-order valence-electron chi connectivity index (χ4n) is 3.07. The molecule has 0 spiro atoms. The number of fused-ring (bicyclic) bond motifs is 1. The van der Waals surface area contributed by atoms with Crippen molar-refractivity contribution in [3.05, 3.63) is 42.2 Å². The molecule has 0 aliphatic carbocycles. The molecular formula is C18H16N4OS. The van der Waals surface area contributed by atoms with Gasteiger partial charge < -0.3 is 10.0 Å². The first-order valence-electron chi connectivity index (χ1n) is 7.76. The molecule has 1 aliphatic heterocycles. The number of thiophene rings is 1. The number of rotatable bonds is 3. The van der Waals surface area contributed by atoms with E-state index in [-0.39, 0.29) is 6.42 Å². The minimum atomic E-state index is -0.918. The summed E-state index contributed by atoms with van der Waals surface area (Å²) in [6.07, 6.45) is 0.148. The Morgan fingerprint density at radius 1 is 1.29 bits per heavy atom. The van der Waals surface area contributed by atoms with E-state index in [2.05, 4.69) is 28.2 Å². The zero-order valence-electron chi connectivity index (χ0n) is 13.2. The van der Waals surface area contributed by atoms with Crippen LogP contribution in [0.4, 0.5) is 5.82 Å². The number of benzene rings is 1. The lowest BCUT2D eigenvalue weighted by Crippen LogP contribution is -2.62. The van der Waals surface area contributed by atoms with Crippen molar-refractivity contribution in [2.75, 3.05) is 18.0 Å². The van der Waals surface area contributed by atoms with Crippen molar-refractivity contribution in [1.82, 2.24) is 9.97 Å². The molecular weight excluding hydrogens is 320 g/mol. The largest absolute Gasteiger partial charge is 0.385 e. The Bertz CT molecular complexity index is 939. The maximum Gasteiger partial charge on any atom is 0.141 e. The number of nitriles is 1. The summed E-state index contributed by atoms with van der Waals surface area (Å²) in [7, 11) is 0. The number of nitrogens with zero attached hydrogens (tertiary/aromatic N) is 4. The first-order chi connectivity index (χ1) is 11.6. The lowest BCUT2D eigenvalue weighted by molar-refractivity contribution is 0.0163. The van der Waals surface area contributed by atoms with Crippen LogP contribution in [0.15, 0.2) is 36.4 Å². The van der Waals surface area contributed by atoms with Crippen molar-refractivity contribution in [2.45, 2.75) is 18.9 Å². The second-order valence-electron chi connectivity index (χ2n) is 6.21. The smallest absolute Gasteiger partial charge is 0.141 e. The van der Waals surface area contributed by atoms with Gasteiger partial charge >= 0.3 is 0 Å². The number of hydrogen-bond donors (Lipinski definition) is 1. The van der Waals surface area contributed by atoms with Gasteiger partial charge in [-0.05, 0) is 18.6 Å². The number of anilines is 1. The van der Waals surface area contributed by atoms with Crippen LogP contribution >= 0.6 is 11.3 Å². The Hall–Kier alpha value is -2.49. The van der Waals surface area contributed by atoms with Crippen LogP contribution in [0.5, 0.6) is 0 Å². The normalized spacial score (nSPS) is 16.0. The van der Waals surface area contributed by atoms with Gasteiger partial charge in [0.1, 0.15) is 22.1 Å². The van der Waals surface area contributed by atoms with Gasteiger partial charge in [0.2, 0.25) is 0 Å². The van der Waals surface area contributed by atoms with E-state index < -0.39 is 5.60 Å². The molecule has 4 rings (SSSR count). The average Bonchev–Trinajstić information content (AvgIpc) is 2.96. The molecule has 1 saturated heterocycles. The molecule has 0 saturated carbocycles. The van der Waals surface area contributed by atoms with Crippen molar-refractivity contribution in [3.8, 4) is 16.5 Å². The Morgan fingerprint density at radius 2 is 2.04 bits per heavy atom. The SMILES string of the molecule is Cc1nc(N2CC(O)(CC#N)C2)c2cc(-c3ccccc3)sc2n1. The van der Waals surface area contributed by atoms with Crippen molar-refractivity contribution in [2.24, 2.45) is 0 Å². The van der Waals surface area contributed by atoms with Gasteiger partial charge in [0.15, 0.2) is 0 Å². The maximum absolute atomic E-state index is 10.3. The van der Waals surface area contributed by atoms with Gasteiger partial charge in [0, 0.05) is 4.88 Å². The molecule has 120 valence electrons. The summed E-state index contributed by atoms with van der Waals surface area (Å²) < 4.78 is 0. The van der Waals surface area contributed by atoms with E-state index in [0.717, 1.165) is 32.3 Å². The first-order valence-corrected chi connectivity index (χ1v) is 8.57. The monoisotopic (exact) mass is 336 g/mol. The molecule has 1 N–H and O–H groups in total. The Morgan fingerprint density at radius 3 is 2.75 bits per heavy atom. The van der Waals surface area contributed by atoms with Crippen molar-refractivity contribution in [1.29, 1.82) is 5.26 Å². The minimum Gasteiger partial charge on any atom is -0.385 e. The second-order valence-corrected chi connectivity index (χ2v) is 7.24. The lowest BCUT2D eigenvalue weighted by Gasteiger charge is -2.46. The van der Waals surface area contributed by atoms with Gasteiger partial charge in [-0.25, -0.2) is 9.97 Å². The molecule has 24 heavy (non-hydrogen) atoms. The topological polar surface area (TPSA) is 73.0 Å². The third-order valence-corrected chi connectivity index (χ3v) is 5.30. The van der Waals surface area contributed by atoms with Crippen LogP contribution in [-0.2, 0) is 0 Å². The molecule has 0 radical (unpaired) electrons. The summed E-state index contributed by atoms with van der Waals surface area (Å²) in [6, 6.07) is 14.4. The molecule has 1 aliphatic rings. The number of aryl methyl sites for hydroxylation is 1. The molecule has 6 heteroatoms. The number of hydrogen-bond acceptors (Lipinski definition) is 6. The first kappa shape index (κ1) is 15.1. The summed E-state index contributed by atoms with van der Waals surface area (Å²) in [5.41, 5.74) is 0.242. The summed E-state index contributed by atoms with van der Waals surface area (Å²) in [5.74, 6) is 1.56. The third-order valence-electron chi connectivity index (χ3n) is 4.22. The molecule has 0 atom stereocenters. The van der Waals surface area contributed by atoms with Crippen molar-refractivity contribution >= 4 is 27.4 Å². The predicted octanol–water partition coefficient (Wildman–Crippen LogP) is 3.13. The average molecular weight is 336 g/mol. The number of aliphatic hydroxyl groups is 1. The van der Waals surface area contributed by atoms with E-state index in [1.807, 2.05) is 36.1 Å². The molecule has 2 aromatic heterocycles. The molecule has 3 aromatic rings. The Balaban J connectivity index is 1.74. The highest BCUT2D eigenvalue weighted by atomic mass is 32.1. The fraction of sp³-hybridized carbons (Fsp3) is 0.278. The van der Waals surface area contributed by atoms with Crippen LogP contribution in [0, 0.1) is 18.3 Å². The van der Waals surface area contributed by atoms with Gasteiger partial charge in [-0.1, -0.05) is 30.3 Å². The van der Waals surface area contributed by atoms with Crippen LogP contribution in [0.2, 0.25) is 0 Å². The van der Waals surface area contributed by atoms with Gasteiger partial charge in [0.05, 0.1) is 31.0 Å². The molecule has 1 aromatic carbocycles. The standard InChI is InChI=1S/C18H16N4OS/c1-12-20-16(22-10-18(23,11-22)7-8-19)14-9-15(24-17(14)21-12)13-5-3-2-4-6-13/h2-6,9,23H,7,10-11H2,1H3. The van der Waals surface area contributed by atoms with Gasteiger partial charge in [-0.2, -0.15) is 5.26 Å². The van der Waals surface area contributed by atoms with E-state index in [9.17, 15) is 5.11 Å². The van der Waals surface area contributed by atoms with Crippen LogP contribution in [0.25, 0.3) is 20.7 Å². The highest BCUT2D eigenvalue weighted by molar-refractivity contribution is 7.21.